The molecule has 0 aromatic carbocycles. The Morgan fingerprint density at radius 3 is 2.74 bits per heavy atom. The van der Waals surface area contributed by atoms with Crippen LogP contribution in [-0.4, -0.2) is 46.1 Å². The van der Waals surface area contributed by atoms with Gasteiger partial charge in [0.2, 0.25) is 0 Å². The van der Waals surface area contributed by atoms with Crippen molar-refractivity contribution in [1.29, 1.82) is 0 Å². The smallest absolute Gasteiger partial charge is 0.378 e. The van der Waals surface area contributed by atoms with Gasteiger partial charge in [-0.2, -0.15) is 21.6 Å². The molecule has 0 spiro atoms. The first kappa shape index (κ1) is 14.6. The zero-order valence-corrected chi connectivity index (χ0v) is 10.5. The van der Waals surface area contributed by atoms with E-state index in [1.165, 1.54) is 13.2 Å². The Balaban J connectivity index is 2.00. The van der Waals surface area contributed by atoms with E-state index in [-0.39, 0.29) is 25.1 Å². The van der Waals surface area contributed by atoms with E-state index in [0.29, 0.717) is 0 Å². The van der Waals surface area contributed by atoms with Gasteiger partial charge in [-0.15, -0.1) is 0 Å². The minimum Gasteiger partial charge on any atom is -0.378 e. The molecule has 1 fully saturated rings. The van der Waals surface area contributed by atoms with E-state index in [1.807, 2.05) is 0 Å². The summed E-state index contributed by atoms with van der Waals surface area (Å²) in [5.41, 5.74) is -5.46. The third-order valence-electron chi connectivity index (χ3n) is 2.61. The third kappa shape index (κ3) is 3.02. The van der Waals surface area contributed by atoms with Gasteiger partial charge >= 0.3 is 15.6 Å². The number of alkyl halides is 3. The zero-order valence-electron chi connectivity index (χ0n) is 9.72. The number of methoxy groups -OCH3 is 1. The van der Waals surface area contributed by atoms with Crippen LogP contribution in [0.15, 0.2) is 11.8 Å². The van der Waals surface area contributed by atoms with E-state index >= 15 is 0 Å². The highest BCUT2D eigenvalue weighted by molar-refractivity contribution is 7.87. The lowest BCUT2D eigenvalue weighted by Gasteiger charge is -2.18. The third-order valence-corrected chi connectivity index (χ3v) is 3.59. The van der Waals surface area contributed by atoms with E-state index < -0.39 is 27.8 Å². The van der Waals surface area contributed by atoms with Crippen LogP contribution < -0.4 is 0 Å². The summed E-state index contributed by atoms with van der Waals surface area (Å²) in [7, 11) is -4.23. The second-order valence-corrected chi connectivity index (χ2v) is 5.50. The van der Waals surface area contributed by atoms with Crippen molar-refractivity contribution in [2.75, 3.05) is 13.9 Å². The maximum atomic E-state index is 12.2. The molecule has 0 radical (unpaired) electrons. The summed E-state index contributed by atoms with van der Waals surface area (Å²) in [4.78, 5) is 0. The molecule has 10 heteroatoms. The Bertz CT molecular complexity index is 471. The number of halogens is 3. The van der Waals surface area contributed by atoms with Crippen molar-refractivity contribution >= 4 is 10.1 Å². The van der Waals surface area contributed by atoms with Crippen LogP contribution in [0.2, 0.25) is 0 Å². The molecule has 0 aromatic rings. The van der Waals surface area contributed by atoms with Crippen LogP contribution in [-0.2, 0) is 28.5 Å². The minimum absolute atomic E-state index is 0.0160. The van der Waals surface area contributed by atoms with Gasteiger partial charge in [-0.3, -0.25) is 0 Å². The fourth-order valence-corrected chi connectivity index (χ4v) is 2.20. The number of hydrogen-bond acceptors (Lipinski definition) is 6. The highest BCUT2D eigenvalue weighted by Crippen LogP contribution is 2.41. The number of rotatable bonds is 5. The second-order valence-electron chi connectivity index (χ2n) is 3.96. The Morgan fingerprint density at radius 2 is 2.16 bits per heavy atom. The summed E-state index contributed by atoms with van der Waals surface area (Å²) in [6, 6.07) is 0. The average molecular weight is 304 g/mol. The lowest BCUT2D eigenvalue weighted by molar-refractivity contribution is -0.0787. The van der Waals surface area contributed by atoms with E-state index in [0.717, 1.165) is 0 Å². The highest BCUT2D eigenvalue weighted by Gasteiger charge is 2.55. The molecule has 110 valence electrons. The predicted molar refractivity (Wildman–Crippen MR) is 54.2 cm³/mol. The average Bonchev–Trinajstić information content (AvgIpc) is 3.06. The topological polar surface area (TPSA) is 74.4 Å². The SMILES string of the molecule is COCO[C@@H]1CC=C(OS(=O)(=O)C(F)(F)F)[C@H]2O[C@H]21. The van der Waals surface area contributed by atoms with Crippen LogP contribution in [0.25, 0.3) is 0 Å². The zero-order chi connectivity index (χ0) is 14.3. The fraction of sp³-hybridized carbons (Fsp3) is 0.778. The molecule has 19 heavy (non-hydrogen) atoms. The lowest BCUT2D eigenvalue weighted by atomic mass is 10.0. The summed E-state index contributed by atoms with van der Waals surface area (Å²) in [5.74, 6) is -0.348. The molecular weight excluding hydrogens is 293 g/mol. The van der Waals surface area contributed by atoms with Gasteiger partial charge in [-0.25, -0.2) is 0 Å². The minimum atomic E-state index is -5.65. The summed E-state index contributed by atoms with van der Waals surface area (Å²) >= 11 is 0. The van der Waals surface area contributed by atoms with Crippen LogP contribution in [0.5, 0.6) is 0 Å². The Kier molecular flexibility index (Phi) is 3.78. The lowest BCUT2D eigenvalue weighted by Crippen LogP contribution is -2.30. The predicted octanol–water partition coefficient (Wildman–Crippen LogP) is 0.897. The van der Waals surface area contributed by atoms with Crippen molar-refractivity contribution in [3.63, 3.8) is 0 Å². The molecule has 0 bridgehead atoms. The van der Waals surface area contributed by atoms with Crippen LogP contribution in [0, 0.1) is 0 Å². The summed E-state index contributed by atoms with van der Waals surface area (Å²) in [6.45, 7) is 0.0160. The molecule has 0 N–H and O–H groups in total. The summed E-state index contributed by atoms with van der Waals surface area (Å²) in [5, 5.41) is 0. The van der Waals surface area contributed by atoms with Gasteiger partial charge in [0.05, 0.1) is 6.10 Å². The molecule has 2 aliphatic rings. The molecule has 2 rings (SSSR count). The monoisotopic (exact) mass is 304 g/mol. The largest absolute Gasteiger partial charge is 0.534 e. The summed E-state index contributed by atoms with van der Waals surface area (Å²) < 4.78 is 77.1. The number of ether oxygens (including phenoxy) is 3. The first-order chi connectivity index (χ1) is 8.76. The van der Waals surface area contributed by atoms with E-state index in [9.17, 15) is 21.6 Å². The van der Waals surface area contributed by atoms with Crippen molar-refractivity contribution in [1.82, 2.24) is 0 Å². The fourth-order valence-electron chi connectivity index (χ4n) is 1.69. The normalized spacial score (nSPS) is 30.5. The number of hydrogen-bond donors (Lipinski definition) is 0. The molecule has 1 saturated heterocycles. The number of epoxide rings is 1. The van der Waals surface area contributed by atoms with Crippen molar-refractivity contribution < 1.29 is 40.0 Å². The first-order valence-electron chi connectivity index (χ1n) is 5.23. The van der Waals surface area contributed by atoms with Crippen molar-refractivity contribution in [2.24, 2.45) is 0 Å². The highest BCUT2D eigenvalue weighted by atomic mass is 32.2. The Hall–Kier alpha value is -0.840. The molecule has 3 atom stereocenters. The van der Waals surface area contributed by atoms with E-state index in [2.05, 4.69) is 8.92 Å². The van der Waals surface area contributed by atoms with E-state index in [4.69, 9.17) is 9.47 Å². The molecule has 0 saturated carbocycles. The van der Waals surface area contributed by atoms with Gasteiger partial charge in [0.25, 0.3) is 0 Å². The van der Waals surface area contributed by atoms with Gasteiger partial charge in [-0.05, 0) is 12.5 Å². The molecule has 1 aliphatic heterocycles. The molecule has 1 heterocycles. The van der Waals surface area contributed by atoms with Gasteiger partial charge < -0.3 is 18.4 Å². The molecule has 0 unspecified atom stereocenters. The first-order valence-corrected chi connectivity index (χ1v) is 6.64. The van der Waals surface area contributed by atoms with Crippen LogP contribution in [0.1, 0.15) is 6.42 Å². The maximum absolute atomic E-state index is 12.2. The molecule has 0 amide bonds. The standard InChI is InChI=1S/C9H11F3O6S/c1-15-4-16-5-2-3-6(8-7(5)17-8)18-19(13,14)9(10,11)12/h3,5,7-8H,2,4H2,1H3/t5-,7+,8-/m1/s1. The Morgan fingerprint density at radius 1 is 1.47 bits per heavy atom. The molecular formula is C9H11F3O6S. The quantitative estimate of drug-likeness (QED) is 0.325. The van der Waals surface area contributed by atoms with Crippen LogP contribution in [0.4, 0.5) is 13.2 Å². The van der Waals surface area contributed by atoms with Crippen LogP contribution >= 0.6 is 0 Å². The van der Waals surface area contributed by atoms with Gasteiger partial charge in [-0.1, -0.05) is 0 Å². The second kappa shape index (κ2) is 4.93. The van der Waals surface area contributed by atoms with Crippen molar-refractivity contribution in [2.45, 2.75) is 30.2 Å². The summed E-state index contributed by atoms with van der Waals surface area (Å²) in [6.07, 6.45) is -0.289. The van der Waals surface area contributed by atoms with Gasteiger partial charge in [0.15, 0.2) is 0 Å². The van der Waals surface area contributed by atoms with Gasteiger partial charge in [0.1, 0.15) is 24.8 Å². The number of fused-ring (bicyclic) bond motifs is 1. The van der Waals surface area contributed by atoms with Crippen molar-refractivity contribution in [3.8, 4) is 0 Å². The van der Waals surface area contributed by atoms with Gasteiger partial charge in [0, 0.05) is 7.11 Å². The van der Waals surface area contributed by atoms with E-state index in [1.54, 1.807) is 0 Å². The van der Waals surface area contributed by atoms with Crippen molar-refractivity contribution in [3.05, 3.63) is 11.8 Å². The van der Waals surface area contributed by atoms with Crippen LogP contribution in [0.3, 0.4) is 0 Å². The Labute approximate surface area is 107 Å². The molecule has 0 aromatic heterocycles. The maximum Gasteiger partial charge on any atom is 0.534 e. The molecule has 6 nitrogen and oxygen atoms in total. The molecule has 1 aliphatic carbocycles.